The first-order valence-electron chi connectivity index (χ1n) is 9.69. The lowest BCUT2D eigenvalue weighted by atomic mass is 10.1. The second-order valence-electron chi connectivity index (χ2n) is 6.97. The van der Waals surface area contributed by atoms with Crippen molar-refractivity contribution in [3.05, 3.63) is 71.4 Å². The van der Waals surface area contributed by atoms with Gasteiger partial charge in [-0.1, -0.05) is 12.1 Å². The lowest BCUT2D eigenvalue weighted by molar-refractivity contribution is 0.146. The second kappa shape index (κ2) is 9.07. The number of halogens is 1. The molecule has 0 spiro atoms. The minimum Gasteiger partial charge on any atom is -0.491 e. The number of hydrogen-bond acceptors (Lipinski definition) is 7. The smallest absolute Gasteiger partial charge is 0.164 e. The van der Waals surface area contributed by atoms with Crippen molar-refractivity contribution in [2.24, 2.45) is 0 Å². The van der Waals surface area contributed by atoms with E-state index in [0.717, 1.165) is 11.1 Å². The quantitative estimate of drug-likeness (QED) is 0.372. The Balaban J connectivity index is 1.75. The van der Waals surface area contributed by atoms with Gasteiger partial charge in [0.1, 0.15) is 30.1 Å². The van der Waals surface area contributed by atoms with Gasteiger partial charge in [0.2, 0.25) is 0 Å². The fourth-order valence-electron chi connectivity index (χ4n) is 3.08. The van der Waals surface area contributed by atoms with Gasteiger partial charge in [-0.15, -0.1) is 0 Å². The number of aromatic nitrogens is 4. The van der Waals surface area contributed by atoms with Crippen molar-refractivity contribution in [3.8, 4) is 5.75 Å². The minimum atomic E-state index is -1.13. The molecule has 2 heterocycles. The normalized spacial score (nSPS) is 12.1. The lowest BCUT2D eigenvalue weighted by Gasteiger charge is -2.14. The van der Waals surface area contributed by atoms with E-state index in [-0.39, 0.29) is 11.6 Å². The van der Waals surface area contributed by atoms with Crippen LogP contribution in [0.15, 0.2) is 48.5 Å². The van der Waals surface area contributed by atoms with Gasteiger partial charge in [0, 0.05) is 30.3 Å². The molecule has 0 bridgehead atoms. The van der Waals surface area contributed by atoms with Gasteiger partial charge in [0.05, 0.1) is 12.1 Å². The maximum absolute atomic E-state index is 13.3. The highest BCUT2D eigenvalue weighted by Crippen LogP contribution is 2.30. The minimum absolute atomic E-state index is 0.169. The number of methoxy groups -OCH3 is 1. The summed E-state index contributed by atoms with van der Waals surface area (Å²) in [6.45, 7) is 2.75. The number of aromatic amines is 1. The zero-order valence-electron chi connectivity index (χ0n) is 17.1. The van der Waals surface area contributed by atoms with Crippen molar-refractivity contribution in [2.45, 2.75) is 13.0 Å². The summed E-state index contributed by atoms with van der Waals surface area (Å²) in [4.78, 5) is 9.06. The Morgan fingerprint density at radius 2 is 1.90 bits per heavy atom. The highest BCUT2D eigenvalue weighted by molar-refractivity contribution is 5.91. The van der Waals surface area contributed by atoms with E-state index < -0.39 is 6.10 Å². The average molecular weight is 423 g/mol. The molecule has 0 saturated heterocycles. The molecule has 8 nitrogen and oxygen atoms in total. The van der Waals surface area contributed by atoms with Crippen molar-refractivity contribution in [1.29, 1.82) is 0 Å². The molecule has 0 aliphatic heterocycles. The number of rotatable bonds is 8. The average Bonchev–Trinajstić information content (AvgIpc) is 3.18. The summed E-state index contributed by atoms with van der Waals surface area (Å²) in [6, 6.07) is 12.8. The largest absolute Gasteiger partial charge is 0.491 e. The molecule has 0 aliphatic carbocycles. The van der Waals surface area contributed by atoms with Crippen LogP contribution in [0.1, 0.15) is 23.2 Å². The van der Waals surface area contributed by atoms with Crippen LogP contribution in [0, 0.1) is 12.7 Å². The summed E-state index contributed by atoms with van der Waals surface area (Å²) >= 11 is 0. The van der Waals surface area contributed by atoms with Crippen LogP contribution >= 0.6 is 0 Å². The number of nitrogens with zero attached hydrogens (tertiary/aromatic N) is 3. The monoisotopic (exact) mass is 423 g/mol. The van der Waals surface area contributed by atoms with Crippen LogP contribution in [-0.2, 0) is 4.74 Å². The summed E-state index contributed by atoms with van der Waals surface area (Å²) in [7, 11) is 1.61. The zero-order valence-corrected chi connectivity index (χ0v) is 17.1. The number of benzene rings is 2. The summed E-state index contributed by atoms with van der Waals surface area (Å²) < 4.78 is 24.0. The zero-order chi connectivity index (χ0) is 21.8. The molecule has 0 amide bonds. The summed E-state index contributed by atoms with van der Waals surface area (Å²) in [5.74, 6) is 1.47. The van der Waals surface area contributed by atoms with Crippen LogP contribution in [0.5, 0.6) is 5.75 Å². The van der Waals surface area contributed by atoms with E-state index in [4.69, 9.17) is 9.47 Å². The van der Waals surface area contributed by atoms with Crippen LogP contribution in [0.25, 0.3) is 10.9 Å². The SMILES string of the molecule is COCCOc1ccc2c(Nc3cc(C)[nH]n3)nc([C@H](O)c3ccc(F)cc3)nc2c1. The molecule has 0 unspecified atom stereocenters. The molecule has 4 aromatic rings. The number of nitrogens with one attached hydrogen (secondary N) is 2. The van der Waals surface area contributed by atoms with Crippen LogP contribution in [0.2, 0.25) is 0 Å². The lowest BCUT2D eigenvalue weighted by Crippen LogP contribution is -2.09. The molecule has 160 valence electrons. The number of aliphatic hydroxyl groups is 1. The molecule has 2 aromatic heterocycles. The van der Waals surface area contributed by atoms with E-state index >= 15 is 0 Å². The molecule has 4 rings (SSSR count). The van der Waals surface area contributed by atoms with Gasteiger partial charge in [-0.3, -0.25) is 5.10 Å². The Hall–Kier alpha value is -3.56. The predicted octanol–water partition coefficient (Wildman–Crippen LogP) is 3.65. The van der Waals surface area contributed by atoms with Gasteiger partial charge in [0.15, 0.2) is 11.6 Å². The number of aryl methyl sites for hydroxylation is 1. The van der Waals surface area contributed by atoms with Gasteiger partial charge in [0.25, 0.3) is 0 Å². The number of ether oxygens (including phenoxy) is 2. The van der Waals surface area contributed by atoms with Crippen molar-refractivity contribution < 1.29 is 19.0 Å². The number of aliphatic hydroxyl groups excluding tert-OH is 1. The highest BCUT2D eigenvalue weighted by Gasteiger charge is 2.18. The molecule has 0 fully saturated rings. The molecule has 0 saturated carbocycles. The summed E-state index contributed by atoms with van der Waals surface area (Å²) in [5, 5.41) is 21.8. The first-order chi connectivity index (χ1) is 15.0. The van der Waals surface area contributed by atoms with E-state index in [0.29, 0.717) is 41.7 Å². The number of hydrogen-bond donors (Lipinski definition) is 3. The van der Waals surface area contributed by atoms with Crippen molar-refractivity contribution >= 4 is 22.5 Å². The molecule has 0 aliphatic rings. The molecular formula is C22H22FN5O3. The van der Waals surface area contributed by atoms with Crippen LogP contribution in [-0.4, -0.2) is 45.6 Å². The fraction of sp³-hybridized carbons (Fsp3) is 0.227. The fourth-order valence-corrected chi connectivity index (χ4v) is 3.08. The maximum atomic E-state index is 13.3. The molecule has 3 N–H and O–H groups in total. The molecule has 9 heteroatoms. The van der Waals surface area contributed by atoms with Crippen molar-refractivity contribution in [2.75, 3.05) is 25.6 Å². The summed E-state index contributed by atoms with van der Waals surface area (Å²) in [6.07, 6.45) is -1.13. The van der Waals surface area contributed by atoms with Crippen LogP contribution < -0.4 is 10.1 Å². The molecule has 31 heavy (non-hydrogen) atoms. The van der Waals surface area contributed by atoms with Gasteiger partial charge in [-0.25, -0.2) is 14.4 Å². The molecule has 1 atom stereocenters. The highest BCUT2D eigenvalue weighted by atomic mass is 19.1. The first-order valence-corrected chi connectivity index (χ1v) is 9.69. The van der Waals surface area contributed by atoms with E-state index in [1.807, 2.05) is 25.1 Å². The van der Waals surface area contributed by atoms with E-state index in [1.165, 1.54) is 24.3 Å². The van der Waals surface area contributed by atoms with Crippen LogP contribution in [0.3, 0.4) is 0 Å². The third-order valence-electron chi connectivity index (χ3n) is 4.62. The number of H-pyrrole nitrogens is 1. The Bertz CT molecular complexity index is 1180. The maximum Gasteiger partial charge on any atom is 0.164 e. The van der Waals surface area contributed by atoms with E-state index in [1.54, 1.807) is 13.2 Å². The Morgan fingerprint density at radius 3 is 2.61 bits per heavy atom. The Kier molecular flexibility index (Phi) is 6.06. The third kappa shape index (κ3) is 4.79. The molecular weight excluding hydrogens is 401 g/mol. The van der Waals surface area contributed by atoms with Gasteiger partial charge >= 0.3 is 0 Å². The van der Waals surface area contributed by atoms with Crippen LogP contribution in [0.4, 0.5) is 16.0 Å². The second-order valence-corrected chi connectivity index (χ2v) is 6.97. The summed E-state index contributed by atoms with van der Waals surface area (Å²) in [5.41, 5.74) is 1.95. The molecule has 0 radical (unpaired) electrons. The van der Waals surface area contributed by atoms with E-state index in [9.17, 15) is 9.50 Å². The van der Waals surface area contributed by atoms with Gasteiger partial charge in [-0.05, 0) is 36.8 Å². The first kappa shape index (κ1) is 20.7. The standard InChI is InChI=1S/C22H22FN5O3/c1-13-11-19(28-27-13)25-21-17-8-7-16(31-10-9-30-2)12-18(17)24-22(26-21)20(29)14-3-5-15(23)6-4-14/h3-8,11-12,20,29H,9-10H2,1-2H3,(H2,24,25,26,27,28)/t20-/m1/s1. The topological polar surface area (TPSA) is 105 Å². The Morgan fingerprint density at radius 1 is 1.10 bits per heavy atom. The predicted molar refractivity (Wildman–Crippen MR) is 114 cm³/mol. The Labute approximate surface area is 178 Å². The van der Waals surface area contributed by atoms with Gasteiger partial charge in [-0.2, -0.15) is 5.10 Å². The number of fused-ring (bicyclic) bond motifs is 1. The van der Waals surface area contributed by atoms with Crippen molar-refractivity contribution in [3.63, 3.8) is 0 Å². The third-order valence-corrected chi connectivity index (χ3v) is 4.62. The van der Waals surface area contributed by atoms with Crippen molar-refractivity contribution in [1.82, 2.24) is 20.2 Å². The van der Waals surface area contributed by atoms with E-state index in [2.05, 4.69) is 25.5 Å². The molecule has 2 aromatic carbocycles. The van der Waals surface area contributed by atoms with Gasteiger partial charge < -0.3 is 19.9 Å². The number of anilines is 2.